The van der Waals surface area contributed by atoms with Crippen molar-refractivity contribution in [3.8, 4) is 0 Å². The maximum atomic E-state index is 6.19. The SMILES string of the molecule is CCOCc1nc(C(C)C)c(Sc2cccc(Cl)c2)n1Cc1ccncc1. The molecule has 0 bridgehead atoms. The zero-order valence-electron chi connectivity index (χ0n) is 15.9. The Hall–Kier alpha value is -1.82. The third kappa shape index (κ3) is 5.12. The molecule has 0 aliphatic rings. The number of hydrogen-bond donors (Lipinski definition) is 0. The number of halogens is 1. The van der Waals surface area contributed by atoms with Crippen LogP contribution in [0.4, 0.5) is 0 Å². The summed E-state index contributed by atoms with van der Waals surface area (Å²) in [7, 11) is 0. The number of hydrogen-bond acceptors (Lipinski definition) is 4. The summed E-state index contributed by atoms with van der Waals surface area (Å²) in [4.78, 5) is 10.2. The van der Waals surface area contributed by atoms with Gasteiger partial charge in [0.15, 0.2) is 0 Å². The maximum absolute atomic E-state index is 6.19. The Bertz CT molecular complexity index is 880. The van der Waals surface area contributed by atoms with Crippen LogP contribution in [0, 0.1) is 0 Å². The van der Waals surface area contributed by atoms with E-state index in [9.17, 15) is 0 Å². The molecule has 0 unspecified atom stereocenters. The van der Waals surface area contributed by atoms with Crippen molar-refractivity contribution in [2.75, 3.05) is 6.61 Å². The minimum absolute atomic E-state index is 0.311. The first kappa shape index (κ1) is 19.9. The van der Waals surface area contributed by atoms with Gasteiger partial charge in [0.05, 0.1) is 12.2 Å². The second kappa shape index (κ2) is 9.40. The van der Waals surface area contributed by atoms with Crippen LogP contribution in [0.2, 0.25) is 5.02 Å². The Morgan fingerprint density at radius 1 is 1.19 bits per heavy atom. The molecule has 0 amide bonds. The third-order valence-electron chi connectivity index (χ3n) is 4.11. The van der Waals surface area contributed by atoms with Crippen LogP contribution < -0.4 is 0 Å². The van der Waals surface area contributed by atoms with Crippen LogP contribution >= 0.6 is 23.4 Å². The highest BCUT2D eigenvalue weighted by Gasteiger charge is 2.21. The number of rotatable bonds is 8. The highest BCUT2D eigenvalue weighted by molar-refractivity contribution is 7.99. The molecule has 0 saturated carbocycles. The molecule has 1 aromatic carbocycles. The summed E-state index contributed by atoms with van der Waals surface area (Å²) in [5, 5.41) is 1.87. The van der Waals surface area contributed by atoms with E-state index in [0.29, 0.717) is 19.1 Å². The maximum Gasteiger partial charge on any atom is 0.136 e. The molecule has 4 nitrogen and oxygen atoms in total. The second-order valence-electron chi connectivity index (χ2n) is 6.51. The Morgan fingerprint density at radius 2 is 1.96 bits per heavy atom. The van der Waals surface area contributed by atoms with E-state index in [1.807, 2.05) is 49.6 Å². The first-order chi connectivity index (χ1) is 13.1. The smallest absolute Gasteiger partial charge is 0.136 e. The van der Waals surface area contributed by atoms with E-state index in [0.717, 1.165) is 33.0 Å². The van der Waals surface area contributed by atoms with Gasteiger partial charge in [-0.05, 0) is 48.7 Å². The zero-order valence-corrected chi connectivity index (χ0v) is 17.4. The van der Waals surface area contributed by atoms with E-state index in [1.54, 1.807) is 11.8 Å². The van der Waals surface area contributed by atoms with Crippen molar-refractivity contribution in [2.45, 2.75) is 49.8 Å². The molecule has 142 valence electrons. The fourth-order valence-corrected chi connectivity index (χ4v) is 4.24. The number of benzene rings is 1. The van der Waals surface area contributed by atoms with Crippen LogP contribution in [0.5, 0.6) is 0 Å². The molecule has 0 atom stereocenters. The number of nitrogens with zero attached hydrogens (tertiary/aromatic N) is 3. The van der Waals surface area contributed by atoms with E-state index in [4.69, 9.17) is 21.3 Å². The van der Waals surface area contributed by atoms with E-state index in [-0.39, 0.29) is 0 Å². The van der Waals surface area contributed by atoms with Crippen molar-refractivity contribution in [3.63, 3.8) is 0 Å². The number of aromatic nitrogens is 3. The molecule has 3 rings (SSSR count). The van der Waals surface area contributed by atoms with E-state index in [1.165, 1.54) is 5.56 Å². The normalized spacial score (nSPS) is 11.3. The predicted molar refractivity (Wildman–Crippen MR) is 111 cm³/mol. The molecular formula is C21H24ClN3OS. The van der Waals surface area contributed by atoms with Gasteiger partial charge in [-0.2, -0.15) is 0 Å². The quantitative estimate of drug-likeness (QED) is 0.478. The van der Waals surface area contributed by atoms with Crippen molar-refractivity contribution in [1.29, 1.82) is 0 Å². The molecule has 0 spiro atoms. The third-order valence-corrected chi connectivity index (χ3v) is 5.46. The van der Waals surface area contributed by atoms with Crippen LogP contribution in [-0.2, 0) is 17.9 Å². The molecule has 0 fully saturated rings. The summed E-state index contributed by atoms with van der Waals surface area (Å²) >= 11 is 7.90. The van der Waals surface area contributed by atoms with E-state index < -0.39 is 0 Å². The molecular weight excluding hydrogens is 378 g/mol. The monoisotopic (exact) mass is 401 g/mol. The van der Waals surface area contributed by atoms with Gasteiger partial charge in [0.1, 0.15) is 17.5 Å². The predicted octanol–water partition coefficient (Wildman–Crippen LogP) is 5.79. The standard InChI is InChI=1S/C21H24ClN3OS/c1-4-26-14-19-24-20(15(2)3)21(27-18-7-5-6-17(22)12-18)25(19)13-16-8-10-23-11-9-16/h5-12,15H,4,13-14H2,1-3H3. The van der Waals surface area contributed by atoms with Gasteiger partial charge in [-0.1, -0.05) is 43.3 Å². The minimum Gasteiger partial charge on any atom is -0.374 e. The van der Waals surface area contributed by atoms with Gasteiger partial charge < -0.3 is 9.30 Å². The fraction of sp³-hybridized carbons (Fsp3) is 0.333. The van der Waals surface area contributed by atoms with Gasteiger partial charge >= 0.3 is 0 Å². The van der Waals surface area contributed by atoms with Gasteiger partial charge in [-0.3, -0.25) is 4.98 Å². The molecule has 2 heterocycles. The van der Waals surface area contributed by atoms with Gasteiger partial charge in [0, 0.05) is 28.9 Å². The van der Waals surface area contributed by atoms with Crippen molar-refractivity contribution in [1.82, 2.24) is 14.5 Å². The largest absolute Gasteiger partial charge is 0.374 e. The molecule has 0 radical (unpaired) electrons. The summed E-state index contributed by atoms with van der Waals surface area (Å²) < 4.78 is 7.95. The first-order valence-electron chi connectivity index (χ1n) is 9.07. The van der Waals surface area contributed by atoms with Gasteiger partial charge in [-0.15, -0.1) is 0 Å². The van der Waals surface area contributed by atoms with Gasteiger partial charge in [0.25, 0.3) is 0 Å². The summed E-state index contributed by atoms with van der Waals surface area (Å²) in [6.45, 7) is 8.24. The van der Waals surface area contributed by atoms with Crippen LogP contribution in [-0.4, -0.2) is 21.1 Å². The minimum atomic E-state index is 0.311. The molecule has 6 heteroatoms. The molecule has 27 heavy (non-hydrogen) atoms. The van der Waals surface area contributed by atoms with Crippen molar-refractivity contribution < 1.29 is 4.74 Å². The van der Waals surface area contributed by atoms with Crippen molar-refractivity contribution >= 4 is 23.4 Å². The van der Waals surface area contributed by atoms with Gasteiger partial charge in [-0.25, -0.2) is 4.98 Å². The Kier molecular flexibility index (Phi) is 6.94. The fourth-order valence-electron chi connectivity index (χ4n) is 2.77. The number of ether oxygens (including phenoxy) is 1. The summed E-state index contributed by atoms with van der Waals surface area (Å²) in [5.74, 6) is 1.26. The average Bonchev–Trinajstić information content (AvgIpc) is 2.98. The van der Waals surface area contributed by atoms with Crippen molar-refractivity contribution in [3.05, 3.63) is 70.9 Å². The Morgan fingerprint density at radius 3 is 2.63 bits per heavy atom. The van der Waals surface area contributed by atoms with Crippen molar-refractivity contribution in [2.24, 2.45) is 0 Å². The lowest BCUT2D eigenvalue weighted by Crippen LogP contribution is -2.08. The highest BCUT2D eigenvalue weighted by Crippen LogP contribution is 2.36. The lowest BCUT2D eigenvalue weighted by Gasteiger charge is -2.13. The van der Waals surface area contributed by atoms with Crippen LogP contribution in [0.1, 0.15) is 43.8 Å². The average molecular weight is 402 g/mol. The van der Waals surface area contributed by atoms with E-state index >= 15 is 0 Å². The highest BCUT2D eigenvalue weighted by atomic mass is 35.5. The summed E-state index contributed by atoms with van der Waals surface area (Å²) in [6.07, 6.45) is 3.64. The number of pyridine rings is 1. The lowest BCUT2D eigenvalue weighted by molar-refractivity contribution is 0.125. The Balaban J connectivity index is 2.05. The summed E-state index contributed by atoms with van der Waals surface area (Å²) in [5.41, 5.74) is 2.27. The van der Waals surface area contributed by atoms with Crippen LogP contribution in [0.25, 0.3) is 0 Å². The van der Waals surface area contributed by atoms with E-state index in [2.05, 4.69) is 29.5 Å². The first-order valence-corrected chi connectivity index (χ1v) is 10.3. The lowest BCUT2D eigenvalue weighted by atomic mass is 10.1. The molecule has 0 aliphatic carbocycles. The summed E-state index contributed by atoms with van der Waals surface area (Å²) in [6, 6.07) is 12.0. The number of imidazole rings is 1. The second-order valence-corrected chi connectivity index (χ2v) is 8.01. The molecule has 2 aromatic heterocycles. The molecule has 0 saturated heterocycles. The molecule has 0 N–H and O–H groups in total. The molecule has 0 aliphatic heterocycles. The topological polar surface area (TPSA) is 39.9 Å². The molecule has 3 aromatic rings. The van der Waals surface area contributed by atoms with Crippen LogP contribution in [0.15, 0.2) is 58.7 Å². The zero-order chi connectivity index (χ0) is 19.2. The Labute approximate surface area is 169 Å². The van der Waals surface area contributed by atoms with Gasteiger partial charge in [0.2, 0.25) is 0 Å². The van der Waals surface area contributed by atoms with Crippen LogP contribution in [0.3, 0.4) is 0 Å².